The van der Waals surface area contributed by atoms with Crippen LogP contribution in [0.15, 0.2) is 36.5 Å². The predicted molar refractivity (Wildman–Crippen MR) is 215 cm³/mol. The number of hydrogen-bond acceptors (Lipinski definition) is 3. The first-order valence-corrected chi connectivity index (χ1v) is 21.3. The van der Waals surface area contributed by atoms with Gasteiger partial charge in [-0.2, -0.15) is 0 Å². The Morgan fingerprint density at radius 1 is 0.458 bits per heavy atom. The first-order valence-electron chi connectivity index (χ1n) is 21.3. The van der Waals surface area contributed by atoms with Gasteiger partial charge in [0.15, 0.2) is 0 Å². The summed E-state index contributed by atoms with van der Waals surface area (Å²) in [5, 5.41) is 8.66. The van der Waals surface area contributed by atoms with Gasteiger partial charge in [-0.05, 0) is 89.9 Å². The van der Waals surface area contributed by atoms with E-state index in [1.54, 1.807) is 0 Å². The molecule has 0 saturated heterocycles. The van der Waals surface area contributed by atoms with Crippen LogP contribution in [0.2, 0.25) is 0 Å². The summed E-state index contributed by atoms with van der Waals surface area (Å²) in [5.41, 5.74) is 1.33. The second kappa shape index (κ2) is 45.6. The minimum atomic E-state index is -0.0185. The zero-order chi connectivity index (χ0) is 35.4. The standard InChI is InChI=1S/C27H50O2.C18H36O/c1-4-6-7-8-9-10-11-12-13-14-15-16-17-18-19-24-27(28)29-25-21-20-23-26(3)22-5-2;1-2-3-4-5-6-7-8-9-10-11-12-13-14-15-16-17-18-19/h12-13H,3-11,14-25H2,1-2H3;9-10,19H,2-8,11-18H2,1H3/b13-12-;10-9-. The molecule has 284 valence electrons. The molecule has 1 N–H and O–H groups in total. The maximum atomic E-state index is 11.7. The van der Waals surface area contributed by atoms with Crippen molar-refractivity contribution in [3.8, 4) is 0 Å². The number of aliphatic hydroxyl groups excluding tert-OH is 1. The highest BCUT2D eigenvalue weighted by molar-refractivity contribution is 5.69. The van der Waals surface area contributed by atoms with Gasteiger partial charge in [-0.15, -0.1) is 0 Å². The zero-order valence-corrected chi connectivity index (χ0v) is 33.0. The minimum Gasteiger partial charge on any atom is -0.466 e. The molecular formula is C45H86O3. The highest BCUT2D eigenvalue weighted by Crippen LogP contribution is 2.13. The van der Waals surface area contributed by atoms with E-state index in [0.29, 0.717) is 19.6 Å². The average Bonchev–Trinajstić information content (AvgIpc) is 3.08. The van der Waals surface area contributed by atoms with Gasteiger partial charge < -0.3 is 9.84 Å². The summed E-state index contributed by atoms with van der Waals surface area (Å²) in [5.74, 6) is -0.0185. The lowest BCUT2D eigenvalue weighted by molar-refractivity contribution is -0.143. The van der Waals surface area contributed by atoms with Crippen LogP contribution in [0.5, 0.6) is 0 Å². The van der Waals surface area contributed by atoms with Crippen LogP contribution in [0, 0.1) is 0 Å². The van der Waals surface area contributed by atoms with Gasteiger partial charge in [0, 0.05) is 13.0 Å². The maximum absolute atomic E-state index is 11.7. The number of ether oxygens (including phenoxy) is 1. The molecule has 48 heavy (non-hydrogen) atoms. The Hall–Kier alpha value is -1.35. The Bertz CT molecular complexity index is 680. The number of unbranched alkanes of at least 4 members (excludes halogenated alkanes) is 24. The molecule has 0 aromatic heterocycles. The van der Waals surface area contributed by atoms with E-state index in [4.69, 9.17) is 9.84 Å². The van der Waals surface area contributed by atoms with E-state index < -0.39 is 0 Å². The van der Waals surface area contributed by atoms with Crippen LogP contribution in [0.3, 0.4) is 0 Å². The van der Waals surface area contributed by atoms with Gasteiger partial charge in [-0.1, -0.05) is 173 Å². The number of rotatable bonds is 37. The molecule has 3 heteroatoms. The van der Waals surface area contributed by atoms with Crippen LogP contribution >= 0.6 is 0 Å². The lowest BCUT2D eigenvalue weighted by Crippen LogP contribution is -2.05. The topological polar surface area (TPSA) is 46.5 Å². The van der Waals surface area contributed by atoms with Crippen molar-refractivity contribution in [2.75, 3.05) is 13.2 Å². The lowest BCUT2D eigenvalue weighted by atomic mass is 10.1. The summed E-state index contributed by atoms with van der Waals surface area (Å²) in [7, 11) is 0. The summed E-state index contributed by atoms with van der Waals surface area (Å²) in [4.78, 5) is 11.7. The molecule has 0 aliphatic rings. The molecule has 0 aromatic rings. The summed E-state index contributed by atoms with van der Waals surface area (Å²) in [6.07, 6.45) is 50.6. The van der Waals surface area contributed by atoms with E-state index in [9.17, 15) is 4.79 Å². The zero-order valence-electron chi connectivity index (χ0n) is 33.0. The molecule has 3 nitrogen and oxygen atoms in total. The molecule has 0 atom stereocenters. The predicted octanol–water partition coefficient (Wildman–Crippen LogP) is 15.1. The Morgan fingerprint density at radius 3 is 1.25 bits per heavy atom. The Balaban J connectivity index is 0. The smallest absolute Gasteiger partial charge is 0.305 e. The fourth-order valence-corrected chi connectivity index (χ4v) is 5.91. The van der Waals surface area contributed by atoms with Gasteiger partial charge in [0.25, 0.3) is 0 Å². The van der Waals surface area contributed by atoms with E-state index >= 15 is 0 Å². The highest BCUT2D eigenvalue weighted by atomic mass is 16.5. The quantitative estimate of drug-likeness (QED) is 0.0405. The van der Waals surface area contributed by atoms with E-state index in [0.717, 1.165) is 44.9 Å². The number of aliphatic hydroxyl groups is 1. The molecule has 0 aromatic carbocycles. The first kappa shape index (κ1) is 48.8. The summed E-state index contributed by atoms with van der Waals surface area (Å²) < 4.78 is 5.33. The molecule has 0 spiro atoms. The number of esters is 1. The summed E-state index contributed by atoms with van der Waals surface area (Å²) in [6.45, 7) is 11.7. The molecular weight excluding hydrogens is 588 g/mol. The lowest BCUT2D eigenvalue weighted by Gasteiger charge is -2.06. The normalized spacial score (nSPS) is 11.3. The van der Waals surface area contributed by atoms with Crippen molar-refractivity contribution in [3.05, 3.63) is 36.5 Å². The fraction of sp³-hybridized carbons (Fsp3) is 0.844. The molecule has 0 fully saturated rings. The van der Waals surface area contributed by atoms with Crippen molar-refractivity contribution < 1.29 is 14.6 Å². The van der Waals surface area contributed by atoms with Crippen LogP contribution < -0.4 is 0 Å². The largest absolute Gasteiger partial charge is 0.466 e. The third-order valence-corrected chi connectivity index (χ3v) is 9.10. The van der Waals surface area contributed by atoms with E-state index in [1.807, 2.05) is 0 Å². The van der Waals surface area contributed by atoms with Crippen LogP contribution in [0.25, 0.3) is 0 Å². The van der Waals surface area contributed by atoms with Crippen molar-refractivity contribution in [2.45, 2.75) is 233 Å². The third kappa shape index (κ3) is 46.8. The molecule has 0 rings (SSSR count). The minimum absolute atomic E-state index is 0.0185. The Kier molecular flexibility index (Phi) is 46.4. The van der Waals surface area contributed by atoms with Crippen molar-refractivity contribution >= 4 is 5.97 Å². The Labute approximate surface area is 302 Å². The molecule has 0 radical (unpaired) electrons. The van der Waals surface area contributed by atoms with Crippen LogP contribution in [-0.4, -0.2) is 24.3 Å². The van der Waals surface area contributed by atoms with Crippen LogP contribution in [0.4, 0.5) is 0 Å². The second-order valence-electron chi connectivity index (χ2n) is 14.2. The van der Waals surface area contributed by atoms with Crippen molar-refractivity contribution in [2.24, 2.45) is 0 Å². The summed E-state index contributed by atoms with van der Waals surface area (Å²) in [6, 6.07) is 0. The molecule has 0 bridgehead atoms. The monoisotopic (exact) mass is 675 g/mol. The van der Waals surface area contributed by atoms with Crippen LogP contribution in [-0.2, 0) is 9.53 Å². The van der Waals surface area contributed by atoms with Crippen molar-refractivity contribution in [1.29, 1.82) is 0 Å². The van der Waals surface area contributed by atoms with Gasteiger partial charge in [0.2, 0.25) is 0 Å². The van der Waals surface area contributed by atoms with Crippen molar-refractivity contribution in [1.82, 2.24) is 0 Å². The number of carbonyl (C=O) groups is 1. The van der Waals surface area contributed by atoms with Gasteiger partial charge in [0.1, 0.15) is 0 Å². The molecule has 0 heterocycles. The number of carbonyl (C=O) groups excluding carboxylic acids is 1. The van der Waals surface area contributed by atoms with Crippen molar-refractivity contribution in [3.63, 3.8) is 0 Å². The van der Waals surface area contributed by atoms with Crippen LogP contribution in [0.1, 0.15) is 233 Å². The average molecular weight is 675 g/mol. The van der Waals surface area contributed by atoms with Gasteiger partial charge in [0.05, 0.1) is 6.61 Å². The first-order chi connectivity index (χ1) is 23.6. The number of allylic oxidation sites excluding steroid dienone is 5. The van der Waals surface area contributed by atoms with Gasteiger partial charge in [-0.3, -0.25) is 4.79 Å². The third-order valence-electron chi connectivity index (χ3n) is 9.10. The molecule has 0 aliphatic carbocycles. The summed E-state index contributed by atoms with van der Waals surface area (Å²) >= 11 is 0. The molecule has 0 aliphatic heterocycles. The SMILES string of the molecule is C=C(CCC)CCCCOC(=O)CCCCCCC/C=C\CCCCCCCC.CCCCCCCC/C=C\CCCCCCCCO. The van der Waals surface area contributed by atoms with E-state index in [-0.39, 0.29) is 5.97 Å². The maximum Gasteiger partial charge on any atom is 0.305 e. The molecule has 0 unspecified atom stereocenters. The van der Waals surface area contributed by atoms with E-state index in [1.165, 1.54) is 166 Å². The highest BCUT2D eigenvalue weighted by Gasteiger charge is 2.03. The second-order valence-corrected chi connectivity index (χ2v) is 14.2. The number of hydrogen-bond donors (Lipinski definition) is 1. The Morgan fingerprint density at radius 2 is 0.833 bits per heavy atom. The molecule has 0 saturated carbocycles. The fourth-order valence-electron chi connectivity index (χ4n) is 5.91. The van der Waals surface area contributed by atoms with Gasteiger partial charge >= 0.3 is 5.97 Å². The molecule has 0 amide bonds. The van der Waals surface area contributed by atoms with Gasteiger partial charge in [-0.25, -0.2) is 0 Å². The van der Waals surface area contributed by atoms with E-state index in [2.05, 4.69) is 51.7 Å².